The number of anilines is 1. The van der Waals surface area contributed by atoms with Crippen LogP contribution in [-0.4, -0.2) is 40.8 Å². The van der Waals surface area contributed by atoms with Gasteiger partial charge in [0, 0.05) is 28.6 Å². The number of benzene rings is 3. The van der Waals surface area contributed by atoms with Crippen molar-refractivity contribution in [3.05, 3.63) is 76.7 Å². The van der Waals surface area contributed by atoms with Crippen molar-refractivity contribution in [1.29, 1.82) is 0 Å². The zero-order valence-electron chi connectivity index (χ0n) is 17.0. The number of phenolic OH excluding ortho intramolecular Hbond substituents is 1. The summed E-state index contributed by atoms with van der Waals surface area (Å²) < 4.78 is 63.3. The molecule has 0 saturated carbocycles. The van der Waals surface area contributed by atoms with Gasteiger partial charge in [-0.25, -0.2) is 4.68 Å². The second-order valence-corrected chi connectivity index (χ2v) is 9.72. The third-order valence-electron chi connectivity index (χ3n) is 4.53. The first-order valence-corrected chi connectivity index (χ1v) is 12.0. The minimum atomic E-state index is -4.38. The summed E-state index contributed by atoms with van der Waals surface area (Å²) >= 11 is 0. The Labute approximate surface area is 188 Å². The number of hydrogen-bond donors (Lipinski definition) is 5. The van der Waals surface area contributed by atoms with Gasteiger partial charge in [-0.05, 0) is 25.1 Å². The van der Waals surface area contributed by atoms with Crippen molar-refractivity contribution < 1.29 is 31.0 Å². The maximum absolute atomic E-state index is 11.5. The number of hydrogen-bond acceptors (Lipinski definition) is 7. The molecule has 11 nitrogen and oxygen atoms in total. The molecule has 0 saturated heterocycles. The van der Waals surface area contributed by atoms with E-state index in [1.54, 1.807) is 31.2 Å². The zero-order valence-corrected chi connectivity index (χ0v) is 18.6. The molecule has 0 unspecified atom stereocenters. The predicted molar refractivity (Wildman–Crippen MR) is 121 cm³/mol. The molecule has 0 aliphatic rings. The Kier molecular flexibility index (Phi) is 6.33. The van der Waals surface area contributed by atoms with Gasteiger partial charge in [0.2, 0.25) is 0 Å². The van der Waals surface area contributed by atoms with E-state index in [9.17, 15) is 26.7 Å². The average Bonchev–Trinajstić information content (AvgIpc) is 3.08. The van der Waals surface area contributed by atoms with Crippen molar-refractivity contribution in [3.63, 3.8) is 0 Å². The molecule has 4 aromatic rings. The van der Waals surface area contributed by atoms with Gasteiger partial charge in [-0.15, -0.1) is 0 Å². The minimum absolute atomic E-state index is 0.0861. The van der Waals surface area contributed by atoms with Crippen LogP contribution in [0.25, 0.3) is 16.5 Å². The molecule has 4 rings (SSSR count). The lowest BCUT2D eigenvalue weighted by Crippen LogP contribution is -2.14. The summed E-state index contributed by atoms with van der Waals surface area (Å²) in [7, 11) is -8.65. The van der Waals surface area contributed by atoms with E-state index in [2.05, 4.69) is 5.10 Å². The van der Waals surface area contributed by atoms with Crippen LogP contribution in [0, 0.1) is 6.92 Å². The van der Waals surface area contributed by atoms with Crippen LogP contribution in [0.2, 0.25) is 0 Å². The number of nitrogens with one attached hydrogen (secondary N) is 1. The molecule has 0 aliphatic carbocycles. The van der Waals surface area contributed by atoms with Crippen molar-refractivity contribution in [2.24, 2.45) is 0 Å². The molecule has 0 bridgehead atoms. The molecule has 1 aromatic heterocycles. The molecule has 0 amide bonds. The van der Waals surface area contributed by atoms with Crippen LogP contribution in [-0.2, 0) is 20.2 Å². The van der Waals surface area contributed by atoms with Crippen LogP contribution in [0.3, 0.4) is 0 Å². The Balaban J connectivity index is 0.000000186. The standard InChI is InChI=1S/C10H10N2O4S.C10H9NO4S/c1-7-5-10(13)12(11-7)8-3-2-4-9(6-8)17(14,15)16;11-10-7-4-2-1-3-6(7)9(5-8(10)12)16(13,14)15/h2-6,11H,1H3,(H,14,15,16);1-5,12H,11H2,(H,13,14,15). The van der Waals surface area contributed by atoms with Gasteiger partial charge in [-0.1, -0.05) is 30.3 Å². The number of nitrogens with zero attached hydrogens (tertiary/aromatic N) is 1. The number of H-pyrrole nitrogens is 1. The fourth-order valence-electron chi connectivity index (χ4n) is 3.05. The van der Waals surface area contributed by atoms with Gasteiger partial charge in [-0.3, -0.25) is 19.0 Å². The average molecular weight is 494 g/mol. The number of aromatic amines is 1. The zero-order chi connectivity index (χ0) is 24.6. The fourth-order valence-corrected chi connectivity index (χ4v) is 4.29. The van der Waals surface area contributed by atoms with Crippen LogP contribution in [0.15, 0.2) is 75.2 Å². The number of rotatable bonds is 3. The van der Waals surface area contributed by atoms with Crippen LogP contribution >= 0.6 is 0 Å². The van der Waals surface area contributed by atoms with Gasteiger partial charge in [0.05, 0.1) is 16.3 Å². The lowest BCUT2D eigenvalue weighted by Gasteiger charge is -2.08. The third-order valence-corrected chi connectivity index (χ3v) is 6.27. The Morgan fingerprint density at radius 2 is 1.52 bits per heavy atom. The van der Waals surface area contributed by atoms with Crippen LogP contribution in [0.5, 0.6) is 5.75 Å². The van der Waals surface area contributed by atoms with E-state index in [1.165, 1.54) is 35.0 Å². The first kappa shape index (κ1) is 24.0. The van der Waals surface area contributed by atoms with E-state index < -0.39 is 20.2 Å². The highest BCUT2D eigenvalue weighted by molar-refractivity contribution is 7.86. The molecule has 13 heteroatoms. The first-order valence-electron chi connectivity index (χ1n) is 9.13. The van der Waals surface area contributed by atoms with Crippen molar-refractivity contribution in [2.75, 3.05) is 5.73 Å². The summed E-state index contributed by atoms with van der Waals surface area (Å²) in [6, 6.07) is 14.2. The van der Waals surface area contributed by atoms with Crippen molar-refractivity contribution in [2.45, 2.75) is 16.7 Å². The molecule has 0 spiro atoms. The van der Waals surface area contributed by atoms with Crippen LogP contribution in [0.1, 0.15) is 5.69 Å². The summed E-state index contributed by atoms with van der Waals surface area (Å²) in [5.74, 6) is -0.369. The molecule has 0 aliphatic heterocycles. The van der Waals surface area contributed by atoms with Crippen LogP contribution < -0.4 is 11.3 Å². The van der Waals surface area contributed by atoms with Gasteiger partial charge in [0.15, 0.2) is 0 Å². The van der Waals surface area contributed by atoms with E-state index >= 15 is 0 Å². The molecule has 3 aromatic carbocycles. The first-order chi connectivity index (χ1) is 15.3. The van der Waals surface area contributed by atoms with Gasteiger partial charge in [0.1, 0.15) is 10.6 Å². The summed E-state index contributed by atoms with van der Waals surface area (Å²) in [4.78, 5) is 10.9. The summed E-state index contributed by atoms with van der Waals surface area (Å²) in [6.45, 7) is 1.71. The molecule has 6 N–H and O–H groups in total. The fraction of sp³-hybridized carbons (Fsp3) is 0.0500. The van der Waals surface area contributed by atoms with E-state index in [-0.39, 0.29) is 32.2 Å². The van der Waals surface area contributed by atoms with Crippen LogP contribution in [0.4, 0.5) is 5.69 Å². The van der Waals surface area contributed by atoms with Gasteiger partial charge in [0.25, 0.3) is 25.8 Å². The number of fused-ring (bicyclic) bond motifs is 1. The normalized spacial score (nSPS) is 11.7. The van der Waals surface area contributed by atoms with Crippen molar-refractivity contribution in [3.8, 4) is 11.4 Å². The number of aromatic nitrogens is 2. The number of aryl methyl sites for hydroxylation is 1. The highest BCUT2D eigenvalue weighted by Crippen LogP contribution is 2.34. The van der Waals surface area contributed by atoms with E-state index in [0.29, 0.717) is 16.8 Å². The van der Waals surface area contributed by atoms with E-state index in [1.807, 2.05) is 0 Å². The highest BCUT2D eigenvalue weighted by atomic mass is 32.2. The number of aromatic hydroxyl groups is 1. The largest absolute Gasteiger partial charge is 0.506 e. The summed E-state index contributed by atoms with van der Waals surface area (Å²) in [5.41, 5.74) is 6.40. The molecule has 174 valence electrons. The summed E-state index contributed by atoms with van der Waals surface area (Å²) in [5, 5.41) is 12.9. The van der Waals surface area contributed by atoms with E-state index in [0.717, 1.165) is 6.07 Å². The Morgan fingerprint density at radius 3 is 2.06 bits per heavy atom. The smallest absolute Gasteiger partial charge is 0.295 e. The quantitative estimate of drug-likeness (QED) is 0.161. The SMILES string of the molecule is Cc1cc(=O)n(-c2cccc(S(=O)(=O)O)c2)[nH]1.Nc1c(O)cc(S(=O)(=O)O)c2ccccc12. The van der Waals surface area contributed by atoms with Gasteiger partial charge >= 0.3 is 0 Å². The lowest BCUT2D eigenvalue weighted by atomic mass is 10.1. The molecule has 33 heavy (non-hydrogen) atoms. The highest BCUT2D eigenvalue weighted by Gasteiger charge is 2.17. The second kappa shape index (κ2) is 8.71. The molecular weight excluding hydrogens is 474 g/mol. The monoisotopic (exact) mass is 493 g/mol. The van der Waals surface area contributed by atoms with Gasteiger partial charge in [-0.2, -0.15) is 16.8 Å². The maximum Gasteiger partial charge on any atom is 0.295 e. The topological polar surface area (TPSA) is 193 Å². The molecule has 0 radical (unpaired) electrons. The molecular formula is C20H19N3O8S2. The maximum atomic E-state index is 11.5. The van der Waals surface area contributed by atoms with Crippen molar-refractivity contribution in [1.82, 2.24) is 9.78 Å². The number of nitrogens with two attached hydrogens (primary N) is 1. The molecule has 0 fully saturated rings. The minimum Gasteiger partial charge on any atom is -0.506 e. The number of nitrogen functional groups attached to an aromatic ring is 1. The van der Waals surface area contributed by atoms with Crippen molar-refractivity contribution >= 4 is 36.7 Å². The Hall–Kier alpha value is -3.65. The molecule has 1 heterocycles. The van der Waals surface area contributed by atoms with E-state index in [4.69, 9.17) is 14.8 Å². The van der Waals surface area contributed by atoms with Gasteiger partial charge < -0.3 is 10.8 Å². The number of phenols is 1. The predicted octanol–water partition coefficient (Wildman–Crippen LogP) is 2.10. The Morgan fingerprint density at radius 1 is 0.879 bits per heavy atom. The molecule has 0 atom stereocenters. The lowest BCUT2D eigenvalue weighted by molar-refractivity contribution is 0.469. The summed E-state index contributed by atoms with van der Waals surface area (Å²) in [6.07, 6.45) is 0. The second-order valence-electron chi connectivity index (χ2n) is 6.91. The third kappa shape index (κ3) is 5.23. The Bertz CT molecular complexity index is 1620.